The second kappa shape index (κ2) is 10.9. The Morgan fingerprint density at radius 3 is 2.71 bits per heavy atom. The number of aromatic nitrogens is 3. The van der Waals surface area contributed by atoms with Crippen LogP contribution in [0.2, 0.25) is 0 Å². The maximum Gasteiger partial charge on any atom is 0.223 e. The van der Waals surface area contributed by atoms with Gasteiger partial charge in [0.2, 0.25) is 5.91 Å². The van der Waals surface area contributed by atoms with Gasteiger partial charge in [0.25, 0.3) is 0 Å². The van der Waals surface area contributed by atoms with Crippen molar-refractivity contribution >= 4 is 29.4 Å². The number of amides is 1. The van der Waals surface area contributed by atoms with E-state index in [1.165, 1.54) is 30.6 Å². The van der Waals surface area contributed by atoms with E-state index in [4.69, 9.17) is 0 Å². The fraction of sp³-hybridized carbons (Fsp3) is 0.571. The number of carbonyl (C=O) groups is 1. The van der Waals surface area contributed by atoms with Crippen molar-refractivity contribution in [3.8, 4) is 0 Å². The molecule has 5 nitrogen and oxygen atoms in total. The molecule has 0 saturated heterocycles. The number of benzene rings is 1. The highest BCUT2D eigenvalue weighted by molar-refractivity contribution is 7.99. The summed E-state index contributed by atoms with van der Waals surface area (Å²) in [4.78, 5) is 13.5. The lowest BCUT2D eigenvalue weighted by atomic mass is 10.2. The van der Waals surface area contributed by atoms with Crippen molar-refractivity contribution in [2.75, 3.05) is 18.6 Å². The number of thioether (sulfide) groups is 2. The number of hydrogen-bond donors (Lipinski definition) is 1. The molecule has 1 aliphatic carbocycles. The van der Waals surface area contributed by atoms with E-state index in [-0.39, 0.29) is 11.8 Å². The minimum atomic E-state index is -0.00422. The van der Waals surface area contributed by atoms with Crippen molar-refractivity contribution in [2.45, 2.75) is 61.5 Å². The van der Waals surface area contributed by atoms with Crippen LogP contribution < -0.4 is 5.32 Å². The predicted molar refractivity (Wildman–Crippen MR) is 117 cm³/mol. The first-order valence-corrected chi connectivity index (χ1v) is 12.3. The Labute approximate surface area is 176 Å². The number of nitrogens with zero attached hydrogens (tertiary/aromatic N) is 3. The first-order chi connectivity index (χ1) is 13.7. The summed E-state index contributed by atoms with van der Waals surface area (Å²) in [5.41, 5.74) is 0. The molecule has 1 aromatic heterocycles. The number of aryl methyl sites for hydroxylation is 1. The molecule has 1 aliphatic rings. The normalized spacial score (nSPS) is 15.6. The highest BCUT2D eigenvalue weighted by atomic mass is 32.2. The summed E-state index contributed by atoms with van der Waals surface area (Å²) < 4.78 is 2.35. The second-order valence-corrected chi connectivity index (χ2v) is 9.20. The Morgan fingerprint density at radius 2 is 2.00 bits per heavy atom. The van der Waals surface area contributed by atoms with Crippen molar-refractivity contribution < 1.29 is 4.79 Å². The molecule has 3 rings (SSSR count). The quantitative estimate of drug-likeness (QED) is 0.452. The maximum atomic E-state index is 12.3. The molecule has 1 aromatic carbocycles. The van der Waals surface area contributed by atoms with Crippen LogP contribution in [0.1, 0.15) is 50.9 Å². The van der Waals surface area contributed by atoms with E-state index in [0.29, 0.717) is 12.6 Å². The molecule has 0 aliphatic heterocycles. The van der Waals surface area contributed by atoms with Gasteiger partial charge >= 0.3 is 0 Å². The molecule has 0 spiro atoms. The molecule has 0 radical (unpaired) electrons. The fourth-order valence-corrected chi connectivity index (χ4v) is 5.11. The Morgan fingerprint density at radius 1 is 1.25 bits per heavy atom. The summed E-state index contributed by atoms with van der Waals surface area (Å²) in [7, 11) is 0. The van der Waals surface area contributed by atoms with E-state index < -0.39 is 0 Å². The van der Waals surface area contributed by atoms with Crippen molar-refractivity contribution in [3.05, 3.63) is 36.2 Å². The second-order valence-electron chi connectivity index (χ2n) is 7.33. The predicted octanol–water partition coefficient (Wildman–Crippen LogP) is 4.59. The number of nitrogens with one attached hydrogen (secondary N) is 1. The third-order valence-corrected chi connectivity index (χ3v) is 7.09. The molecular weight excluding hydrogens is 388 g/mol. The molecule has 28 heavy (non-hydrogen) atoms. The molecule has 0 bridgehead atoms. The van der Waals surface area contributed by atoms with E-state index in [1.54, 1.807) is 23.5 Å². The van der Waals surface area contributed by atoms with Gasteiger partial charge in [-0.1, -0.05) is 49.7 Å². The van der Waals surface area contributed by atoms with Crippen LogP contribution in [0.15, 0.2) is 40.4 Å². The molecule has 1 amide bonds. The Bertz CT molecular complexity index is 744. The van der Waals surface area contributed by atoms with Crippen LogP contribution in [0.5, 0.6) is 0 Å². The van der Waals surface area contributed by atoms with Gasteiger partial charge in [-0.15, -0.1) is 22.0 Å². The maximum absolute atomic E-state index is 12.3. The SMILES string of the molecule is CSc1nnc(CCCNC(=O)C(C)CSc2ccccc2)n1C1CCCC1. The van der Waals surface area contributed by atoms with E-state index in [1.807, 2.05) is 25.1 Å². The van der Waals surface area contributed by atoms with Crippen LogP contribution in [0.4, 0.5) is 0 Å². The van der Waals surface area contributed by atoms with Crippen LogP contribution in [0, 0.1) is 5.92 Å². The lowest BCUT2D eigenvalue weighted by Crippen LogP contribution is -2.31. The minimum absolute atomic E-state index is 0.00422. The Balaban J connectivity index is 1.41. The summed E-state index contributed by atoms with van der Waals surface area (Å²) in [5.74, 6) is 1.99. The van der Waals surface area contributed by atoms with Gasteiger partial charge in [0.15, 0.2) is 5.16 Å². The summed E-state index contributed by atoms with van der Waals surface area (Å²) in [6, 6.07) is 10.8. The van der Waals surface area contributed by atoms with Gasteiger partial charge in [-0.3, -0.25) is 4.79 Å². The summed E-state index contributed by atoms with van der Waals surface area (Å²) >= 11 is 3.40. The molecule has 1 atom stereocenters. The van der Waals surface area contributed by atoms with Gasteiger partial charge in [-0.25, -0.2) is 0 Å². The van der Waals surface area contributed by atoms with Crippen LogP contribution in [0.25, 0.3) is 0 Å². The average molecular weight is 419 g/mol. The number of hydrogen-bond acceptors (Lipinski definition) is 5. The largest absolute Gasteiger partial charge is 0.356 e. The lowest BCUT2D eigenvalue weighted by molar-refractivity contribution is -0.123. The van der Waals surface area contributed by atoms with Gasteiger partial charge in [-0.2, -0.15) is 0 Å². The van der Waals surface area contributed by atoms with Crippen LogP contribution >= 0.6 is 23.5 Å². The molecule has 1 fully saturated rings. The zero-order valence-corrected chi connectivity index (χ0v) is 18.4. The first-order valence-electron chi connectivity index (χ1n) is 10.1. The highest BCUT2D eigenvalue weighted by Gasteiger charge is 2.23. The monoisotopic (exact) mass is 418 g/mol. The summed E-state index contributed by atoms with van der Waals surface area (Å²) in [6.45, 7) is 2.68. The van der Waals surface area contributed by atoms with Gasteiger partial charge in [-0.05, 0) is 37.7 Å². The molecule has 7 heteroatoms. The van der Waals surface area contributed by atoms with E-state index in [2.05, 4.69) is 38.5 Å². The van der Waals surface area contributed by atoms with Crippen molar-refractivity contribution in [1.82, 2.24) is 20.1 Å². The summed E-state index contributed by atoms with van der Waals surface area (Å²) in [5, 5.41) is 12.9. The molecule has 152 valence electrons. The number of rotatable bonds is 10. The molecular formula is C21H30N4OS2. The van der Waals surface area contributed by atoms with Crippen LogP contribution in [-0.2, 0) is 11.2 Å². The Kier molecular flexibility index (Phi) is 8.27. The van der Waals surface area contributed by atoms with Gasteiger partial charge in [0.05, 0.1) is 0 Å². The molecule has 2 aromatic rings. The van der Waals surface area contributed by atoms with Gasteiger partial charge in [0.1, 0.15) is 5.82 Å². The van der Waals surface area contributed by atoms with Gasteiger partial charge in [0, 0.05) is 35.6 Å². The minimum Gasteiger partial charge on any atom is -0.356 e. The van der Waals surface area contributed by atoms with E-state index in [9.17, 15) is 4.79 Å². The van der Waals surface area contributed by atoms with Crippen molar-refractivity contribution in [3.63, 3.8) is 0 Å². The fourth-order valence-electron chi connectivity index (χ4n) is 3.59. The van der Waals surface area contributed by atoms with Gasteiger partial charge < -0.3 is 9.88 Å². The molecule has 1 saturated carbocycles. The third-order valence-electron chi connectivity index (χ3n) is 5.17. The van der Waals surface area contributed by atoms with E-state index in [0.717, 1.165) is 29.6 Å². The molecule has 1 unspecified atom stereocenters. The first kappa shape index (κ1) is 21.2. The lowest BCUT2D eigenvalue weighted by Gasteiger charge is -2.16. The topological polar surface area (TPSA) is 59.8 Å². The summed E-state index contributed by atoms with van der Waals surface area (Å²) in [6.07, 6.45) is 8.86. The number of carbonyl (C=O) groups excluding carboxylic acids is 1. The average Bonchev–Trinajstić information content (AvgIpc) is 3.39. The third kappa shape index (κ3) is 5.77. The zero-order chi connectivity index (χ0) is 19.8. The zero-order valence-electron chi connectivity index (χ0n) is 16.8. The van der Waals surface area contributed by atoms with Crippen molar-refractivity contribution in [1.29, 1.82) is 0 Å². The molecule has 1 N–H and O–H groups in total. The standard InChI is InChI=1S/C21H30N4OS2/c1-16(15-28-18-11-4-3-5-12-18)20(26)22-14-8-13-19-23-24-21(27-2)25(19)17-9-6-7-10-17/h3-5,11-12,16-17H,6-10,13-15H2,1-2H3,(H,22,26). The molecule has 1 heterocycles. The van der Waals surface area contributed by atoms with Crippen molar-refractivity contribution in [2.24, 2.45) is 5.92 Å². The smallest absolute Gasteiger partial charge is 0.223 e. The Hall–Kier alpha value is -1.47. The van der Waals surface area contributed by atoms with Crippen LogP contribution in [0.3, 0.4) is 0 Å². The van der Waals surface area contributed by atoms with Crippen LogP contribution in [-0.4, -0.2) is 39.2 Å². The highest BCUT2D eigenvalue weighted by Crippen LogP contribution is 2.33. The van der Waals surface area contributed by atoms with E-state index >= 15 is 0 Å².